The molecule has 0 aliphatic carbocycles. The van der Waals surface area contributed by atoms with Gasteiger partial charge in [0.05, 0.1) is 23.2 Å². The fourth-order valence-electron chi connectivity index (χ4n) is 5.00. The summed E-state index contributed by atoms with van der Waals surface area (Å²) in [6.45, 7) is 6.15. The van der Waals surface area contributed by atoms with Gasteiger partial charge in [-0.1, -0.05) is 37.3 Å². The molecular weight excluding hydrogens is 494 g/mol. The van der Waals surface area contributed by atoms with Gasteiger partial charge in [0.25, 0.3) is 11.5 Å². The molecule has 1 saturated heterocycles. The van der Waals surface area contributed by atoms with Gasteiger partial charge in [0, 0.05) is 35.6 Å². The first-order chi connectivity index (χ1) is 17.7. The van der Waals surface area contributed by atoms with Crippen LogP contribution in [0.3, 0.4) is 0 Å². The molecule has 2 N–H and O–H groups in total. The van der Waals surface area contributed by atoms with Crippen LogP contribution in [0.4, 0.5) is 0 Å². The lowest BCUT2D eigenvalue weighted by Gasteiger charge is -2.21. The highest BCUT2D eigenvalue weighted by atomic mass is 32.1. The van der Waals surface area contributed by atoms with Gasteiger partial charge in [-0.25, -0.2) is 9.86 Å². The van der Waals surface area contributed by atoms with E-state index in [0.717, 1.165) is 32.1 Å². The number of β-amino-alcohol motifs (C(OH)–C–C–N with tert-alkyl or cyclic N) is 1. The average Bonchev–Trinajstić information content (AvgIpc) is 3.59. The molecule has 1 amide bonds. The standard InChI is InChI=1S/C26H29N5O5S/c1-5-11-30-25-21(23(33)29(4)26(30)35)20(24(34)31-12-17(32)13-36-31)22(37-25)19(16-9-7-6-8-10-16)18-14(2)27-28-15(18)3/h6-10,17,19,32H,5,11-13H2,1-4H3,(H,27,28)/t17-,19?/m0/s1. The third-order valence-corrected chi connectivity index (χ3v) is 8.03. The summed E-state index contributed by atoms with van der Waals surface area (Å²) in [4.78, 5) is 47.3. The third-order valence-electron chi connectivity index (χ3n) is 6.75. The number of rotatable bonds is 6. The first kappa shape index (κ1) is 25.1. The second kappa shape index (κ2) is 9.73. The molecule has 4 aromatic rings. The molecule has 194 valence electrons. The SMILES string of the molecule is CCCn1c(=O)n(C)c(=O)c2c(C(=O)N3C[C@H](O)CO3)c(C(c3ccccc3)c3c(C)n[nH]c3C)sc21. The molecule has 10 nitrogen and oxygen atoms in total. The number of hydrogen-bond acceptors (Lipinski definition) is 7. The van der Waals surface area contributed by atoms with Crippen molar-refractivity contribution in [1.82, 2.24) is 24.4 Å². The van der Waals surface area contributed by atoms with Crippen LogP contribution in [0, 0.1) is 13.8 Å². The summed E-state index contributed by atoms with van der Waals surface area (Å²) in [5.74, 6) is -0.949. The maximum Gasteiger partial charge on any atom is 0.331 e. The number of aliphatic hydroxyl groups excluding tert-OH is 1. The van der Waals surface area contributed by atoms with Gasteiger partial charge >= 0.3 is 5.69 Å². The smallest absolute Gasteiger partial charge is 0.331 e. The minimum absolute atomic E-state index is 0.00963. The van der Waals surface area contributed by atoms with Gasteiger partial charge in [0.2, 0.25) is 0 Å². The highest BCUT2D eigenvalue weighted by Gasteiger charge is 2.37. The van der Waals surface area contributed by atoms with Gasteiger partial charge in [0.1, 0.15) is 17.5 Å². The maximum atomic E-state index is 14.0. The number of amides is 1. The molecule has 1 aromatic carbocycles. The number of carbonyl (C=O) groups excluding carboxylic acids is 1. The molecule has 37 heavy (non-hydrogen) atoms. The molecule has 3 aromatic heterocycles. The van der Waals surface area contributed by atoms with Crippen molar-refractivity contribution in [2.75, 3.05) is 13.2 Å². The van der Waals surface area contributed by atoms with Crippen LogP contribution in [-0.2, 0) is 18.4 Å². The van der Waals surface area contributed by atoms with Gasteiger partial charge in [0.15, 0.2) is 0 Å². The van der Waals surface area contributed by atoms with E-state index >= 15 is 0 Å². The van der Waals surface area contributed by atoms with Crippen molar-refractivity contribution in [2.24, 2.45) is 7.05 Å². The molecule has 1 fully saturated rings. The van der Waals surface area contributed by atoms with Crippen LogP contribution >= 0.6 is 11.3 Å². The zero-order chi connectivity index (χ0) is 26.4. The van der Waals surface area contributed by atoms with Gasteiger partial charge in [-0.2, -0.15) is 5.10 Å². The molecule has 11 heteroatoms. The lowest BCUT2D eigenvalue weighted by Crippen LogP contribution is -2.38. The van der Waals surface area contributed by atoms with Crippen LogP contribution < -0.4 is 11.2 Å². The number of hydrogen-bond donors (Lipinski definition) is 2. The average molecular weight is 524 g/mol. The summed E-state index contributed by atoms with van der Waals surface area (Å²) in [6.07, 6.45) is -0.144. The predicted octanol–water partition coefficient (Wildman–Crippen LogP) is 2.44. The Morgan fingerprint density at radius 3 is 2.59 bits per heavy atom. The largest absolute Gasteiger partial charge is 0.389 e. The van der Waals surface area contributed by atoms with E-state index in [4.69, 9.17) is 4.84 Å². The fourth-order valence-corrected chi connectivity index (χ4v) is 6.44. The van der Waals surface area contributed by atoms with E-state index in [1.165, 1.54) is 18.4 Å². The Kier molecular flexibility index (Phi) is 6.61. The van der Waals surface area contributed by atoms with Crippen molar-refractivity contribution in [3.8, 4) is 0 Å². The van der Waals surface area contributed by atoms with Gasteiger partial charge in [-0.15, -0.1) is 11.3 Å². The highest BCUT2D eigenvalue weighted by Crippen LogP contribution is 2.43. The van der Waals surface area contributed by atoms with E-state index in [0.29, 0.717) is 22.7 Å². The number of fused-ring (bicyclic) bond motifs is 1. The molecule has 0 radical (unpaired) electrons. The zero-order valence-corrected chi connectivity index (χ0v) is 22.0. The summed E-state index contributed by atoms with van der Waals surface area (Å²) in [5, 5.41) is 18.8. The first-order valence-corrected chi connectivity index (χ1v) is 13.0. The molecule has 0 bridgehead atoms. The van der Waals surface area contributed by atoms with Crippen LogP contribution in [-0.4, -0.2) is 54.7 Å². The van der Waals surface area contributed by atoms with Crippen LogP contribution in [0.25, 0.3) is 10.2 Å². The Morgan fingerprint density at radius 1 is 1.27 bits per heavy atom. The molecule has 0 spiro atoms. The second-order valence-corrected chi connectivity index (χ2v) is 10.4. The van der Waals surface area contributed by atoms with E-state index < -0.39 is 29.2 Å². The van der Waals surface area contributed by atoms with Crippen molar-refractivity contribution in [1.29, 1.82) is 0 Å². The predicted molar refractivity (Wildman–Crippen MR) is 140 cm³/mol. The molecule has 5 rings (SSSR count). The Hall–Kier alpha value is -3.54. The summed E-state index contributed by atoms with van der Waals surface area (Å²) in [7, 11) is 1.43. The van der Waals surface area contributed by atoms with Gasteiger partial charge < -0.3 is 5.11 Å². The van der Waals surface area contributed by atoms with Crippen LogP contribution in [0.1, 0.15) is 57.0 Å². The topological polar surface area (TPSA) is 122 Å². The Bertz CT molecular complexity index is 1580. The maximum absolute atomic E-state index is 14.0. The second-order valence-electron chi connectivity index (χ2n) is 9.33. The summed E-state index contributed by atoms with van der Waals surface area (Å²) >= 11 is 1.28. The molecular formula is C26H29N5O5S. The minimum atomic E-state index is -0.818. The van der Waals surface area contributed by atoms with Crippen LogP contribution in [0.2, 0.25) is 0 Å². The number of carbonyl (C=O) groups is 1. The number of aryl methyl sites for hydroxylation is 3. The number of aliphatic hydroxyl groups is 1. The fraction of sp³-hybridized carbons (Fsp3) is 0.385. The number of aromatic nitrogens is 4. The number of hydroxylamine groups is 2. The lowest BCUT2D eigenvalue weighted by atomic mass is 9.86. The molecule has 2 atom stereocenters. The lowest BCUT2D eigenvalue weighted by molar-refractivity contribution is -0.0778. The first-order valence-electron chi connectivity index (χ1n) is 12.2. The Morgan fingerprint density at radius 2 is 2.00 bits per heavy atom. The third kappa shape index (κ3) is 4.12. The molecule has 1 aliphatic heterocycles. The minimum Gasteiger partial charge on any atom is -0.389 e. The number of nitrogens with zero attached hydrogens (tertiary/aromatic N) is 4. The highest BCUT2D eigenvalue weighted by molar-refractivity contribution is 7.19. The number of aromatic amines is 1. The van der Waals surface area contributed by atoms with Crippen LogP contribution in [0.15, 0.2) is 39.9 Å². The normalized spacial score (nSPS) is 16.6. The quantitative estimate of drug-likeness (QED) is 0.400. The summed E-state index contributed by atoms with van der Waals surface area (Å²) in [5.41, 5.74) is 2.65. The molecule has 0 saturated carbocycles. The van der Waals surface area contributed by atoms with Gasteiger partial charge in [-0.05, 0) is 25.8 Å². The number of nitrogens with one attached hydrogen (secondary N) is 1. The van der Waals surface area contributed by atoms with E-state index in [9.17, 15) is 19.5 Å². The summed E-state index contributed by atoms with van der Waals surface area (Å²) < 4.78 is 2.62. The Balaban J connectivity index is 1.91. The number of thiophene rings is 1. The molecule has 1 unspecified atom stereocenters. The number of benzene rings is 1. The van der Waals surface area contributed by atoms with Crippen molar-refractivity contribution in [3.05, 3.63) is 84.1 Å². The van der Waals surface area contributed by atoms with E-state index in [1.807, 2.05) is 51.1 Å². The summed E-state index contributed by atoms with van der Waals surface area (Å²) in [6, 6.07) is 9.72. The zero-order valence-electron chi connectivity index (χ0n) is 21.1. The molecule has 4 heterocycles. The van der Waals surface area contributed by atoms with E-state index in [2.05, 4.69) is 10.2 Å². The van der Waals surface area contributed by atoms with Crippen molar-refractivity contribution in [2.45, 2.75) is 45.8 Å². The Labute approximate surface area is 216 Å². The monoisotopic (exact) mass is 523 g/mol. The van der Waals surface area contributed by atoms with Crippen LogP contribution in [0.5, 0.6) is 0 Å². The van der Waals surface area contributed by atoms with E-state index in [-0.39, 0.29) is 24.1 Å². The van der Waals surface area contributed by atoms with Gasteiger partial charge in [-0.3, -0.25) is 28.7 Å². The van der Waals surface area contributed by atoms with E-state index in [1.54, 1.807) is 4.57 Å². The van der Waals surface area contributed by atoms with Crippen molar-refractivity contribution < 1.29 is 14.7 Å². The number of H-pyrrole nitrogens is 1. The molecule has 1 aliphatic rings. The van der Waals surface area contributed by atoms with Crippen molar-refractivity contribution in [3.63, 3.8) is 0 Å². The van der Waals surface area contributed by atoms with Crippen molar-refractivity contribution >= 4 is 27.5 Å².